The number of nitrogens with zero attached hydrogens (tertiary/aromatic N) is 2. The number of benzene rings is 2. The van der Waals surface area contributed by atoms with E-state index in [4.69, 9.17) is 0 Å². The molecule has 0 spiro atoms. The molecule has 1 aliphatic rings. The molecule has 1 amide bonds. The van der Waals surface area contributed by atoms with E-state index in [0.29, 0.717) is 49.4 Å². The van der Waals surface area contributed by atoms with Crippen LogP contribution in [-0.2, 0) is 6.54 Å². The molecular formula is C19H19F3N2O. The van der Waals surface area contributed by atoms with E-state index >= 15 is 0 Å². The fraction of sp³-hybridized carbons (Fsp3) is 0.316. The van der Waals surface area contributed by atoms with Crippen molar-refractivity contribution in [1.29, 1.82) is 0 Å². The van der Waals surface area contributed by atoms with Gasteiger partial charge in [0.2, 0.25) is 0 Å². The van der Waals surface area contributed by atoms with E-state index in [0.717, 1.165) is 6.07 Å². The molecule has 1 fully saturated rings. The Morgan fingerprint density at radius 2 is 1.72 bits per heavy atom. The van der Waals surface area contributed by atoms with Crippen LogP contribution < -0.4 is 0 Å². The van der Waals surface area contributed by atoms with Gasteiger partial charge >= 0.3 is 0 Å². The van der Waals surface area contributed by atoms with Crippen LogP contribution in [-0.4, -0.2) is 41.9 Å². The minimum absolute atomic E-state index is 0.213. The summed E-state index contributed by atoms with van der Waals surface area (Å²) in [6.45, 7) is 3.97. The molecule has 0 saturated carbocycles. The van der Waals surface area contributed by atoms with E-state index in [1.165, 1.54) is 12.1 Å². The molecule has 0 N–H and O–H groups in total. The first-order valence-electron chi connectivity index (χ1n) is 8.16. The predicted octanol–water partition coefficient (Wildman–Crippen LogP) is 3.37. The molecule has 0 atom stereocenters. The average molecular weight is 348 g/mol. The standard InChI is InChI=1S/C19H19F3N2O/c1-13-5-6-14(11-17(13)21)19(25)24-9-7-23(8-10-24)12-15-3-2-4-16(20)18(15)22/h2-6,11H,7-10,12H2,1H3. The smallest absolute Gasteiger partial charge is 0.254 e. The Balaban J connectivity index is 1.60. The first-order valence-corrected chi connectivity index (χ1v) is 8.16. The lowest BCUT2D eigenvalue weighted by molar-refractivity contribution is 0.0626. The molecule has 6 heteroatoms. The van der Waals surface area contributed by atoms with E-state index in [-0.39, 0.29) is 5.91 Å². The molecule has 0 unspecified atom stereocenters. The maximum absolute atomic E-state index is 13.8. The second-order valence-corrected chi connectivity index (χ2v) is 6.25. The van der Waals surface area contributed by atoms with Gasteiger partial charge in [-0.1, -0.05) is 18.2 Å². The fourth-order valence-electron chi connectivity index (χ4n) is 2.93. The normalized spacial score (nSPS) is 15.4. The summed E-state index contributed by atoms with van der Waals surface area (Å²) < 4.78 is 40.7. The zero-order valence-electron chi connectivity index (χ0n) is 13.9. The molecule has 25 heavy (non-hydrogen) atoms. The Bertz CT molecular complexity index is 786. The van der Waals surface area contributed by atoms with Crippen LogP contribution in [0.1, 0.15) is 21.5 Å². The van der Waals surface area contributed by atoms with Crippen molar-refractivity contribution in [2.75, 3.05) is 26.2 Å². The first-order chi connectivity index (χ1) is 12.0. The van der Waals surface area contributed by atoms with Crippen molar-refractivity contribution in [1.82, 2.24) is 9.80 Å². The maximum Gasteiger partial charge on any atom is 0.254 e. The second kappa shape index (κ2) is 7.27. The van der Waals surface area contributed by atoms with E-state index in [9.17, 15) is 18.0 Å². The van der Waals surface area contributed by atoms with Crippen LogP contribution in [0.3, 0.4) is 0 Å². The van der Waals surface area contributed by atoms with Gasteiger partial charge < -0.3 is 4.90 Å². The molecule has 3 nitrogen and oxygen atoms in total. The third kappa shape index (κ3) is 3.85. The SMILES string of the molecule is Cc1ccc(C(=O)N2CCN(Cc3cccc(F)c3F)CC2)cc1F. The summed E-state index contributed by atoms with van der Waals surface area (Å²) in [5.74, 6) is -2.29. The highest BCUT2D eigenvalue weighted by molar-refractivity contribution is 5.94. The Kier molecular flexibility index (Phi) is 5.08. The van der Waals surface area contributed by atoms with Crippen LogP contribution >= 0.6 is 0 Å². The van der Waals surface area contributed by atoms with Crippen LogP contribution in [0.25, 0.3) is 0 Å². The molecule has 2 aromatic rings. The molecular weight excluding hydrogens is 329 g/mol. The molecule has 1 heterocycles. The molecule has 132 valence electrons. The zero-order chi connectivity index (χ0) is 18.0. The summed E-state index contributed by atoms with van der Waals surface area (Å²) in [7, 11) is 0. The minimum atomic E-state index is -0.854. The number of amides is 1. The summed E-state index contributed by atoms with van der Waals surface area (Å²) in [5.41, 5.74) is 1.13. The monoisotopic (exact) mass is 348 g/mol. The van der Waals surface area contributed by atoms with Gasteiger partial charge in [0, 0.05) is 43.9 Å². The number of piperazine rings is 1. The summed E-state index contributed by atoms with van der Waals surface area (Å²) in [5, 5.41) is 0. The molecule has 0 radical (unpaired) electrons. The summed E-state index contributed by atoms with van der Waals surface area (Å²) in [6, 6.07) is 8.60. The Hall–Kier alpha value is -2.34. The molecule has 2 aromatic carbocycles. The number of aryl methyl sites for hydroxylation is 1. The number of hydrogen-bond acceptors (Lipinski definition) is 2. The topological polar surface area (TPSA) is 23.6 Å². The highest BCUT2D eigenvalue weighted by atomic mass is 19.2. The molecule has 1 aliphatic heterocycles. The van der Waals surface area contributed by atoms with Gasteiger partial charge in [-0.3, -0.25) is 9.69 Å². The van der Waals surface area contributed by atoms with Crippen molar-refractivity contribution in [3.05, 3.63) is 70.5 Å². The number of rotatable bonds is 3. The van der Waals surface area contributed by atoms with Gasteiger partial charge in [0.25, 0.3) is 5.91 Å². The first kappa shape index (κ1) is 17.5. The minimum Gasteiger partial charge on any atom is -0.336 e. The third-order valence-corrected chi connectivity index (χ3v) is 4.50. The van der Waals surface area contributed by atoms with Crippen molar-refractivity contribution >= 4 is 5.91 Å². The van der Waals surface area contributed by atoms with Gasteiger partial charge in [-0.25, -0.2) is 13.2 Å². The van der Waals surface area contributed by atoms with Crippen LogP contribution in [0.2, 0.25) is 0 Å². The van der Waals surface area contributed by atoms with Crippen LogP contribution in [0.5, 0.6) is 0 Å². The molecule has 0 bridgehead atoms. The van der Waals surface area contributed by atoms with Crippen molar-refractivity contribution in [3.8, 4) is 0 Å². The van der Waals surface area contributed by atoms with E-state index in [1.807, 2.05) is 4.90 Å². The largest absolute Gasteiger partial charge is 0.336 e. The molecule has 0 aromatic heterocycles. The van der Waals surface area contributed by atoms with Gasteiger partial charge in [-0.2, -0.15) is 0 Å². The molecule has 3 rings (SSSR count). The Morgan fingerprint density at radius 3 is 2.40 bits per heavy atom. The van der Waals surface area contributed by atoms with Gasteiger partial charge in [0.1, 0.15) is 5.82 Å². The lowest BCUT2D eigenvalue weighted by Gasteiger charge is -2.34. The van der Waals surface area contributed by atoms with Crippen molar-refractivity contribution < 1.29 is 18.0 Å². The average Bonchev–Trinajstić information content (AvgIpc) is 2.61. The predicted molar refractivity (Wildman–Crippen MR) is 88.7 cm³/mol. The highest BCUT2D eigenvalue weighted by Gasteiger charge is 2.23. The van der Waals surface area contributed by atoms with Crippen LogP contribution in [0.15, 0.2) is 36.4 Å². The Morgan fingerprint density at radius 1 is 1.00 bits per heavy atom. The van der Waals surface area contributed by atoms with Gasteiger partial charge in [0.15, 0.2) is 11.6 Å². The number of hydrogen-bond donors (Lipinski definition) is 0. The van der Waals surface area contributed by atoms with Crippen molar-refractivity contribution in [3.63, 3.8) is 0 Å². The van der Waals surface area contributed by atoms with Crippen LogP contribution in [0.4, 0.5) is 13.2 Å². The lowest BCUT2D eigenvalue weighted by atomic mass is 10.1. The Labute approximate surface area is 144 Å². The summed E-state index contributed by atoms with van der Waals surface area (Å²) in [6.07, 6.45) is 0. The van der Waals surface area contributed by atoms with Gasteiger partial charge in [-0.05, 0) is 30.7 Å². The van der Waals surface area contributed by atoms with Gasteiger partial charge in [0.05, 0.1) is 0 Å². The quantitative estimate of drug-likeness (QED) is 0.849. The van der Waals surface area contributed by atoms with Crippen molar-refractivity contribution in [2.45, 2.75) is 13.5 Å². The van der Waals surface area contributed by atoms with Crippen molar-refractivity contribution in [2.24, 2.45) is 0 Å². The van der Waals surface area contributed by atoms with E-state index < -0.39 is 17.5 Å². The molecule has 1 saturated heterocycles. The maximum atomic E-state index is 13.8. The summed E-state index contributed by atoms with van der Waals surface area (Å²) >= 11 is 0. The van der Waals surface area contributed by atoms with Crippen LogP contribution in [0, 0.1) is 24.4 Å². The number of carbonyl (C=O) groups is 1. The third-order valence-electron chi connectivity index (χ3n) is 4.50. The zero-order valence-corrected chi connectivity index (χ0v) is 13.9. The van der Waals surface area contributed by atoms with E-state index in [2.05, 4.69) is 0 Å². The molecule has 0 aliphatic carbocycles. The number of carbonyl (C=O) groups excluding carboxylic acids is 1. The van der Waals surface area contributed by atoms with Gasteiger partial charge in [-0.15, -0.1) is 0 Å². The van der Waals surface area contributed by atoms with E-state index in [1.54, 1.807) is 30.0 Å². The lowest BCUT2D eigenvalue weighted by Crippen LogP contribution is -2.48. The number of halogens is 3. The highest BCUT2D eigenvalue weighted by Crippen LogP contribution is 2.17. The fourth-order valence-corrected chi connectivity index (χ4v) is 2.93. The second-order valence-electron chi connectivity index (χ2n) is 6.25. The summed E-state index contributed by atoms with van der Waals surface area (Å²) in [4.78, 5) is 16.1.